The van der Waals surface area contributed by atoms with Crippen molar-refractivity contribution >= 4 is 11.0 Å². The number of rotatable bonds is 1. The summed E-state index contributed by atoms with van der Waals surface area (Å²) in [6, 6.07) is 8.41. The Kier molecular flexibility index (Phi) is 1.79. The second-order valence-corrected chi connectivity index (χ2v) is 5.41. The topological polar surface area (TPSA) is 39.2 Å². The number of para-hydroxylation sites is 1. The summed E-state index contributed by atoms with van der Waals surface area (Å²) in [5.74, 6) is 1.46. The van der Waals surface area contributed by atoms with Gasteiger partial charge < -0.3 is 10.2 Å². The van der Waals surface area contributed by atoms with Crippen LogP contribution in [0.5, 0.6) is 0 Å². The summed E-state index contributed by atoms with van der Waals surface area (Å²) in [7, 11) is 0. The van der Waals surface area contributed by atoms with Gasteiger partial charge in [-0.3, -0.25) is 0 Å². The molecule has 2 atom stereocenters. The molecule has 3 rings (SSSR count). The van der Waals surface area contributed by atoms with Crippen LogP contribution in [0.1, 0.15) is 31.1 Å². The maximum atomic E-state index is 6.11. The number of fused-ring (bicyclic) bond motifs is 1. The Bertz CT molecular complexity index is 553. The normalized spacial score (nSPS) is 27.2. The molecule has 2 N–H and O–H groups in total. The van der Waals surface area contributed by atoms with Gasteiger partial charge in [-0.1, -0.05) is 32.0 Å². The maximum absolute atomic E-state index is 6.11. The van der Waals surface area contributed by atoms with Gasteiger partial charge in [0.25, 0.3) is 0 Å². The fourth-order valence-corrected chi connectivity index (χ4v) is 2.67. The fourth-order valence-electron chi connectivity index (χ4n) is 2.67. The summed E-state index contributed by atoms with van der Waals surface area (Å²) < 4.78 is 5.95. The van der Waals surface area contributed by atoms with Crippen LogP contribution in [0.4, 0.5) is 0 Å². The number of furan rings is 1. The van der Waals surface area contributed by atoms with Gasteiger partial charge in [0.1, 0.15) is 11.3 Å². The maximum Gasteiger partial charge on any atom is 0.134 e. The molecule has 1 aromatic carbocycles. The zero-order valence-corrected chi connectivity index (χ0v) is 9.95. The SMILES string of the molecule is Cc1c([C@H]2[C@H](N)C2(C)C)oc2ccccc12. The third-order valence-electron chi connectivity index (χ3n) is 4.07. The zero-order valence-electron chi connectivity index (χ0n) is 9.95. The van der Waals surface area contributed by atoms with Crippen molar-refractivity contribution in [3.05, 3.63) is 35.6 Å². The summed E-state index contributed by atoms with van der Waals surface area (Å²) in [5.41, 5.74) is 8.51. The highest BCUT2D eigenvalue weighted by Crippen LogP contribution is 2.58. The van der Waals surface area contributed by atoms with E-state index in [9.17, 15) is 0 Å². The molecule has 0 spiro atoms. The second-order valence-electron chi connectivity index (χ2n) is 5.41. The molecule has 1 fully saturated rings. The van der Waals surface area contributed by atoms with Crippen molar-refractivity contribution in [2.45, 2.75) is 32.7 Å². The van der Waals surface area contributed by atoms with Crippen molar-refractivity contribution in [1.82, 2.24) is 0 Å². The molecule has 0 saturated heterocycles. The van der Waals surface area contributed by atoms with Gasteiger partial charge in [0.15, 0.2) is 0 Å². The Balaban J connectivity index is 2.16. The number of nitrogens with two attached hydrogens (primary N) is 1. The lowest BCUT2D eigenvalue weighted by molar-refractivity contribution is 0.507. The predicted octanol–water partition coefficient (Wildman–Crippen LogP) is 3.19. The standard InChI is InChI=1S/C14H17NO/c1-8-9-6-4-5-7-10(9)16-12(8)11-13(15)14(11,2)3/h4-7,11,13H,15H2,1-3H3/t11-,13-/m0/s1. The molecule has 2 aromatic rings. The zero-order chi connectivity index (χ0) is 11.5. The number of hydrogen-bond donors (Lipinski definition) is 1. The first-order valence-corrected chi connectivity index (χ1v) is 5.77. The van der Waals surface area contributed by atoms with Crippen LogP contribution in [0, 0.1) is 12.3 Å². The Morgan fingerprint density at radius 2 is 1.88 bits per heavy atom. The summed E-state index contributed by atoms with van der Waals surface area (Å²) in [6.45, 7) is 6.53. The van der Waals surface area contributed by atoms with E-state index in [2.05, 4.69) is 26.8 Å². The highest BCUT2D eigenvalue weighted by molar-refractivity contribution is 5.82. The van der Waals surface area contributed by atoms with Crippen molar-refractivity contribution in [3.63, 3.8) is 0 Å². The van der Waals surface area contributed by atoms with Gasteiger partial charge in [0.2, 0.25) is 0 Å². The van der Waals surface area contributed by atoms with Crippen molar-refractivity contribution in [2.24, 2.45) is 11.1 Å². The smallest absolute Gasteiger partial charge is 0.134 e. The summed E-state index contributed by atoms with van der Waals surface area (Å²) in [6.07, 6.45) is 0. The molecular weight excluding hydrogens is 198 g/mol. The molecule has 2 heteroatoms. The molecule has 84 valence electrons. The van der Waals surface area contributed by atoms with E-state index < -0.39 is 0 Å². The third kappa shape index (κ3) is 1.11. The molecule has 0 radical (unpaired) electrons. The molecular formula is C14H17NO. The Morgan fingerprint density at radius 3 is 2.44 bits per heavy atom. The lowest BCUT2D eigenvalue weighted by Crippen LogP contribution is -2.06. The van der Waals surface area contributed by atoms with E-state index in [1.807, 2.05) is 18.2 Å². The molecule has 0 unspecified atom stereocenters. The summed E-state index contributed by atoms with van der Waals surface area (Å²) >= 11 is 0. The molecule has 1 aromatic heterocycles. The molecule has 16 heavy (non-hydrogen) atoms. The van der Waals surface area contributed by atoms with Gasteiger partial charge in [-0.05, 0) is 24.0 Å². The summed E-state index contributed by atoms with van der Waals surface area (Å²) in [5, 5.41) is 1.22. The molecule has 1 aliphatic rings. The molecule has 0 aliphatic heterocycles. The molecule has 0 amide bonds. The first kappa shape index (κ1) is 9.91. The van der Waals surface area contributed by atoms with Crippen molar-refractivity contribution < 1.29 is 4.42 Å². The minimum absolute atomic E-state index is 0.179. The van der Waals surface area contributed by atoms with Gasteiger partial charge in [-0.15, -0.1) is 0 Å². The highest BCUT2D eigenvalue weighted by Gasteiger charge is 2.58. The van der Waals surface area contributed by atoms with E-state index in [0.717, 1.165) is 11.3 Å². The lowest BCUT2D eigenvalue weighted by atomic mass is 10.0. The second kappa shape index (κ2) is 2.89. The van der Waals surface area contributed by atoms with Crippen LogP contribution in [0.2, 0.25) is 0 Å². The summed E-state index contributed by atoms with van der Waals surface area (Å²) in [4.78, 5) is 0. The fraction of sp³-hybridized carbons (Fsp3) is 0.429. The number of aryl methyl sites for hydroxylation is 1. The molecule has 1 heterocycles. The molecule has 1 aliphatic carbocycles. The highest BCUT2D eigenvalue weighted by atomic mass is 16.3. The third-order valence-corrected chi connectivity index (χ3v) is 4.07. The van der Waals surface area contributed by atoms with Crippen LogP contribution in [-0.2, 0) is 0 Å². The average molecular weight is 215 g/mol. The van der Waals surface area contributed by atoms with Crippen LogP contribution < -0.4 is 5.73 Å². The average Bonchev–Trinajstić information content (AvgIpc) is 2.60. The predicted molar refractivity (Wildman–Crippen MR) is 65.4 cm³/mol. The number of benzene rings is 1. The van der Waals surface area contributed by atoms with Crippen LogP contribution in [0.15, 0.2) is 28.7 Å². The largest absolute Gasteiger partial charge is 0.460 e. The molecule has 2 nitrogen and oxygen atoms in total. The van der Waals surface area contributed by atoms with Crippen LogP contribution in [-0.4, -0.2) is 6.04 Å². The van der Waals surface area contributed by atoms with E-state index in [0.29, 0.717) is 5.92 Å². The Morgan fingerprint density at radius 1 is 1.25 bits per heavy atom. The quantitative estimate of drug-likeness (QED) is 0.793. The first-order chi connectivity index (χ1) is 7.53. The van der Waals surface area contributed by atoms with Gasteiger partial charge in [-0.25, -0.2) is 0 Å². The Hall–Kier alpha value is -1.28. The van der Waals surface area contributed by atoms with Crippen LogP contribution in [0.25, 0.3) is 11.0 Å². The van der Waals surface area contributed by atoms with Crippen molar-refractivity contribution in [2.75, 3.05) is 0 Å². The van der Waals surface area contributed by atoms with Gasteiger partial charge in [-0.2, -0.15) is 0 Å². The van der Waals surface area contributed by atoms with E-state index in [4.69, 9.17) is 10.2 Å². The van der Waals surface area contributed by atoms with E-state index >= 15 is 0 Å². The Labute approximate surface area is 95.4 Å². The first-order valence-electron chi connectivity index (χ1n) is 5.77. The van der Waals surface area contributed by atoms with Gasteiger partial charge >= 0.3 is 0 Å². The van der Waals surface area contributed by atoms with Crippen molar-refractivity contribution in [3.8, 4) is 0 Å². The lowest BCUT2D eigenvalue weighted by Gasteiger charge is -1.99. The van der Waals surface area contributed by atoms with Gasteiger partial charge in [0.05, 0.1) is 0 Å². The van der Waals surface area contributed by atoms with Gasteiger partial charge in [0, 0.05) is 17.3 Å². The van der Waals surface area contributed by atoms with E-state index in [1.165, 1.54) is 10.9 Å². The minimum Gasteiger partial charge on any atom is -0.460 e. The minimum atomic E-state index is 0.179. The van der Waals surface area contributed by atoms with E-state index in [-0.39, 0.29) is 11.5 Å². The van der Waals surface area contributed by atoms with Crippen LogP contribution in [0.3, 0.4) is 0 Å². The van der Waals surface area contributed by atoms with Crippen molar-refractivity contribution in [1.29, 1.82) is 0 Å². The molecule has 1 saturated carbocycles. The molecule has 0 bridgehead atoms. The monoisotopic (exact) mass is 215 g/mol. The van der Waals surface area contributed by atoms with Crippen LogP contribution >= 0.6 is 0 Å². The van der Waals surface area contributed by atoms with E-state index in [1.54, 1.807) is 0 Å². The number of hydrogen-bond acceptors (Lipinski definition) is 2.